The van der Waals surface area contributed by atoms with Gasteiger partial charge in [-0.2, -0.15) is 4.89 Å². The van der Waals surface area contributed by atoms with Gasteiger partial charge in [-0.1, -0.05) is 52.8 Å². The zero-order chi connectivity index (χ0) is 20.7. The van der Waals surface area contributed by atoms with Crippen molar-refractivity contribution in [1.82, 2.24) is 4.98 Å². The molecule has 0 saturated carbocycles. The van der Waals surface area contributed by atoms with Gasteiger partial charge in [-0.15, -0.1) is 11.3 Å². The number of ether oxygens (including phenoxy) is 1. The summed E-state index contributed by atoms with van der Waals surface area (Å²) in [6, 6.07) is 13.5. The fourth-order valence-electron chi connectivity index (χ4n) is 5.14. The van der Waals surface area contributed by atoms with Crippen molar-refractivity contribution < 1.29 is 19.6 Å². The Morgan fingerprint density at radius 2 is 1.83 bits per heavy atom. The van der Waals surface area contributed by atoms with Gasteiger partial charge in [0.05, 0.1) is 22.4 Å². The van der Waals surface area contributed by atoms with E-state index in [2.05, 4.69) is 39.6 Å². The van der Waals surface area contributed by atoms with E-state index >= 15 is 0 Å². The second kappa shape index (κ2) is 5.79. The van der Waals surface area contributed by atoms with Gasteiger partial charge in [0.2, 0.25) is 0 Å². The van der Waals surface area contributed by atoms with E-state index in [9.17, 15) is 5.11 Å². The van der Waals surface area contributed by atoms with E-state index < -0.39 is 11.4 Å². The van der Waals surface area contributed by atoms with Crippen LogP contribution in [0, 0.1) is 10.8 Å². The summed E-state index contributed by atoms with van der Waals surface area (Å²) >= 11 is 1.56. The van der Waals surface area contributed by atoms with E-state index in [1.165, 1.54) is 0 Å². The molecule has 2 fully saturated rings. The molecule has 2 aliphatic rings. The Labute approximate surface area is 174 Å². The van der Waals surface area contributed by atoms with Crippen LogP contribution in [0.5, 0.6) is 5.75 Å². The first-order chi connectivity index (χ1) is 13.6. The van der Waals surface area contributed by atoms with Crippen molar-refractivity contribution in [2.45, 2.75) is 46.0 Å². The van der Waals surface area contributed by atoms with E-state index in [0.29, 0.717) is 12.2 Å². The predicted molar refractivity (Wildman–Crippen MR) is 112 cm³/mol. The zero-order valence-electron chi connectivity index (χ0n) is 17.3. The van der Waals surface area contributed by atoms with Crippen LogP contribution < -0.4 is 0 Å². The Bertz CT molecular complexity index is 1080. The van der Waals surface area contributed by atoms with E-state index in [1.54, 1.807) is 17.4 Å². The minimum Gasteiger partial charge on any atom is -0.507 e. The number of hydrogen-bond donors (Lipinski definition) is 1. The van der Waals surface area contributed by atoms with Gasteiger partial charge in [0.25, 0.3) is 5.79 Å². The number of para-hydroxylation sites is 1. The van der Waals surface area contributed by atoms with E-state index in [-0.39, 0.29) is 16.6 Å². The molecule has 0 unspecified atom stereocenters. The standard InChI is InChI=1S/C23H25NO4S/c1-20(2,3)23-21(4,5)13-26-22(23,27-28-23)14-10-11-15(17(25)12-14)19-24-16-8-6-7-9-18(16)29-19/h6-12,25H,13H2,1-5H3/t22-,23-/m0/s1. The first-order valence-corrected chi connectivity index (χ1v) is 10.6. The molecule has 2 aliphatic heterocycles. The molecule has 1 aromatic heterocycles. The first kappa shape index (κ1) is 19.0. The van der Waals surface area contributed by atoms with Crippen LogP contribution in [0.3, 0.4) is 0 Å². The average Bonchev–Trinajstić information content (AvgIpc) is 3.09. The smallest absolute Gasteiger partial charge is 0.261 e. The quantitative estimate of drug-likeness (QED) is 0.554. The predicted octanol–water partition coefficient (Wildman–Crippen LogP) is 5.62. The lowest BCUT2D eigenvalue weighted by molar-refractivity contribution is -0.626. The lowest BCUT2D eigenvalue weighted by Gasteiger charge is -2.61. The van der Waals surface area contributed by atoms with Crippen LogP contribution in [0.1, 0.15) is 40.2 Å². The fraction of sp³-hybridized carbons (Fsp3) is 0.435. The minimum atomic E-state index is -1.04. The fourth-order valence-corrected chi connectivity index (χ4v) is 6.14. The Balaban J connectivity index is 1.60. The molecule has 29 heavy (non-hydrogen) atoms. The van der Waals surface area contributed by atoms with E-state index in [4.69, 9.17) is 14.5 Å². The van der Waals surface area contributed by atoms with Crippen molar-refractivity contribution >= 4 is 21.6 Å². The number of hydrogen-bond acceptors (Lipinski definition) is 6. The largest absolute Gasteiger partial charge is 0.507 e. The summed E-state index contributed by atoms with van der Waals surface area (Å²) in [5, 5.41) is 11.7. The summed E-state index contributed by atoms with van der Waals surface area (Å²) in [7, 11) is 0. The number of nitrogens with zero attached hydrogens (tertiary/aromatic N) is 1. The highest BCUT2D eigenvalue weighted by atomic mass is 32.1. The third kappa shape index (κ3) is 2.28. The lowest BCUT2D eigenvalue weighted by atomic mass is 9.57. The number of rotatable bonds is 2. The van der Waals surface area contributed by atoms with E-state index in [0.717, 1.165) is 20.8 Å². The van der Waals surface area contributed by atoms with Gasteiger partial charge >= 0.3 is 0 Å². The van der Waals surface area contributed by atoms with Gasteiger partial charge in [0, 0.05) is 16.4 Å². The second-order valence-electron chi connectivity index (χ2n) is 9.61. The molecule has 1 N–H and O–H groups in total. The number of benzene rings is 2. The molecule has 2 saturated heterocycles. The number of aromatic nitrogens is 1. The first-order valence-electron chi connectivity index (χ1n) is 9.82. The number of fused-ring (bicyclic) bond motifs is 2. The molecule has 2 atom stereocenters. The van der Waals surface area contributed by atoms with Crippen molar-refractivity contribution in [1.29, 1.82) is 0 Å². The molecule has 0 spiro atoms. The second-order valence-corrected chi connectivity index (χ2v) is 10.6. The molecule has 0 bridgehead atoms. The molecule has 152 valence electrons. The molecule has 2 aromatic carbocycles. The van der Waals surface area contributed by atoms with Crippen LogP contribution in [0.15, 0.2) is 42.5 Å². The van der Waals surface area contributed by atoms with Crippen molar-refractivity contribution in [3.63, 3.8) is 0 Å². The van der Waals surface area contributed by atoms with Gasteiger partial charge in [0.15, 0.2) is 5.60 Å². The molecular weight excluding hydrogens is 386 g/mol. The highest BCUT2D eigenvalue weighted by Crippen LogP contribution is 2.69. The van der Waals surface area contributed by atoms with Crippen molar-refractivity contribution in [2.75, 3.05) is 6.61 Å². The SMILES string of the molecule is CC(C)(C)[C@@]12OO[C@]1(c1ccc(-c3nc4ccccc4s3)c(O)c1)OCC2(C)C. The van der Waals surface area contributed by atoms with Crippen molar-refractivity contribution in [2.24, 2.45) is 10.8 Å². The van der Waals surface area contributed by atoms with Crippen LogP contribution in [0.4, 0.5) is 0 Å². The molecule has 3 heterocycles. The molecule has 3 aromatic rings. The Hall–Kier alpha value is -1.99. The molecular formula is C23H25NO4S. The normalized spacial score (nSPS) is 28.3. The number of aromatic hydroxyl groups is 1. The number of phenolic OH excluding ortho intramolecular Hbond substituents is 1. The van der Waals surface area contributed by atoms with Crippen LogP contribution in [0.25, 0.3) is 20.8 Å². The molecule has 6 heteroatoms. The summed E-state index contributed by atoms with van der Waals surface area (Å²) < 4.78 is 7.34. The van der Waals surface area contributed by atoms with Crippen LogP contribution in [-0.4, -0.2) is 22.3 Å². The third-order valence-electron chi connectivity index (χ3n) is 6.30. The van der Waals surface area contributed by atoms with E-state index in [1.807, 2.05) is 36.4 Å². The van der Waals surface area contributed by atoms with Gasteiger partial charge in [-0.3, -0.25) is 0 Å². The molecule has 0 radical (unpaired) electrons. The highest BCUT2D eigenvalue weighted by Gasteiger charge is 2.81. The summed E-state index contributed by atoms with van der Waals surface area (Å²) in [4.78, 5) is 16.2. The molecule has 0 amide bonds. The van der Waals surface area contributed by atoms with Gasteiger partial charge in [-0.05, 0) is 24.3 Å². The van der Waals surface area contributed by atoms with Crippen LogP contribution >= 0.6 is 11.3 Å². The Morgan fingerprint density at radius 1 is 1.07 bits per heavy atom. The number of phenols is 1. The monoisotopic (exact) mass is 411 g/mol. The van der Waals surface area contributed by atoms with Gasteiger partial charge in [0.1, 0.15) is 10.8 Å². The van der Waals surface area contributed by atoms with Crippen molar-refractivity contribution in [3.05, 3.63) is 48.0 Å². The topological polar surface area (TPSA) is 60.8 Å². The summed E-state index contributed by atoms with van der Waals surface area (Å²) in [5.41, 5.74) is 1.21. The average molecular weight is 412 g/mol. The lowest BCUT2D eigenvalue weighted by Crippen LogP contribution is -2.72. The summed E-state index contributed by atoms with van der Waals surface area (Å²) in [6.07, 6.45) is 0. The van der Waals surface area contributed by atoms with Crippen LogP contribution in [-0.2, 0) is 20.3 Å². The van der Waals surface area contributed by atoms with Gasteiger partial charge < -0.3 is 9.84 Å². The molecule has 5 rings (SSSR count). The Morgan fingerprint density at radius 3 is 2.45 bits per heavy atom. The third-order valence-corrected chi connectivity index (χ3v) is 7.36. The maximum absolute atomic E-state index is 10.9. The molecule has 0 aliphatic carbocycles. The summed E-state index contributed by atoms with van der Waals surface area (Å²) in [6.45, 7) is 11.2. The zero-order valence-corrected chi connectivity index (χ0v) is 18.1. The minimum absolute atomic E-state index is 0.155. The summed E-state index contributed by atoms with van der Waals surface area (Å²) in [5.74, 6) is -0.888. The maximum atomic E-state index is 10.9. The maximum Gasteiger partial charge on any atom is 0.261 e. The molecule has 5 nitrogen and oxygen atoms in total. The van der Waals surface area contributed by atoms with Crippen LogP contribution in [0.2, 0.25) is 0 Å². The van der Waals surface area contributed by atoms with Crippen molar-refractivity contribution in [3.8, 4) is 16.3 Å². The highest BCUT2D eigenvalue weighted by molar-refractivity contribution is 7.21. The number of thiazole rings is 1. The Kier molecular flexibility index (Phi) is 3.79. The van der Waals surface area contributed by atoms with Gasteiger partial charge in [-0.25, -0.2) is 9.87 Å².